The molecule has 17 heavy (non-hydrogen) atoms. The minimum atomic E-state index is 0.498. The third-order valence-corrected chi connectivity index (χ3v) is 3.34. The maximum absolute atomic E-state index is 5.25. The molecule has 0 saturated heterocycles. The van der Waals surface area contributed by atoms with Gasteiger partial charge in [0.05, 0.1) is 6.61 Å². The summed E-state index contributed by atoms with van der Waals surface area (Å²) in [5.41, 5.74) is 0. The monoisotopic (exact) mass is 244 g/mol. The molecule has 3 heteroatoms. The van der Waals surface area contributed by atoms with Crippen LogP contribution in [0.3, 0.4) is 0 Å². The quantitative estimate of drug-likeness (QED) is 0.639. The lowest BCUT2D eigenvalue weighted by atomic mass is 10.1. The Morgan fingerprint density at radius 1 is 1.12 bits per heavy atom. The van der Waals surface area contributed by atoms with Gasteiger partial charge in [0.1, 0.15) is 0 Å². The van der Waals surface area contributed by atoms with E-state index in [0.29, 0.717) is 18.1 Å². The van der Waals surface area contributed by atoms with Gasteiger partial charge in [-0.2, -0.15) is 0 Å². The van der Waals surface area contributed by atoms with Crippen LogP contribution in [0.15, 0.2) is 0 Å². The highest BCUT2D eigenvalue weighted by Crippen LogP contribution is 2.11. The summed E-state index contributed by atoms with van der Waals surface area (Å²) >= 11 is 0. The first-order chi connectivity index (χ1) is 8.06. The van der Waals surface area contributed by atoms with Gasteiger partial charge in [-0.15, -0.1) is 0 Å². The number of rotatable bonds is 10. The van der Waals surface area contributed by atoms with Crippen molar-refractivity contribution in [2.24, 2.45) is 0 Å². The van der Waals surface area contributed by atoms with Crippen LogP contribution in [-0.4, -0.2) is 49.8 Å². The molecule has 0 amide bonds. The van der Waals surface area contributed by atoms with E-state index >= 15 is 0 Å². The zero-order valence-corrected chi connectivity index (χ0v) is 12.6. The summed E-state index contributed by atoms with van der Waals surface area (Å²) in [7, 11) is 1.78. The van der Waals surface area contributed by atoms with Crippen LogP contribution >= 0.6 is 0 Å². The van der Waals surface area contributed by atoms with Crippen molar-refractivity contribution in [2.75, 3.05) is 26.8 Å². The van der Waals surface area contributed by atoms with Gasteiger partial charge < -0.3 is 10.1 Å². The van der Waals surface area contributed by atoms with Crippen molar-refractivity contribution in [3.8, 4) is 0 Å². The van der Waals surface area contributed by atoms with Gasteiger partial charge in [0.25, 0.3) is 0 Å². The van der Waals surface area contributed by atoms with Crippen LogP contribution < -0.4 is 5.32 Å². The standard InChI is InChI=1S/C14H32N2O/c1-7-9-15-12(3)10-13(4)16(8-2)14(5)11-17-6/h12-15H,7-11H2,1-6H3. The minimum Gasteiger partial charge on any atom is -0.383 e. The van der Waals surface area contributed by atoms with Crippen LogP contribution in [0.5, 0.6) is 0 Å². The van der Waals surface area contributed by atoms with Gasteiger partial charge in [0, 0.05) is 25.2 Å². The second-order valence-electron chi connectivity index (χ2n) is 5.07. The largest absolute Gasteiger partial charge is 0.383 e. The van der Waals surface area contributed by atoms with E-state index in [-0.39, 0.29) is 0 Å². The lowest BCUT2D eigenvalue weighted by molar-refractivity contribution is 0.0727. The van der Waals surface area contributed by atoms with E-state index in [0.717, 1.165) is 19.7 Å². The van der Waals surface area contributed by atoms with Crippen LogP contribution in [0.2, 0.25) is 0 Å². The van der Waals surface area contributed by atoms with Crippen LogP contribution in [0.1, 0.15) is 47.5 Å². The molecule has 0 aromatic heterocycles. The van der Waals surface area contributed by atoms with Gasteiger partial charge in [-0.25, -0.2) is 0 Å². The minimum absolute atomic E-state index is 0.498. The molecule has 0 aliphatic heterocycles. The van der Waals surface area contributed by atoms with Crippen molar-refractivity contribution < 1.29 is 4.74 Å². The van der Waals surface area contributed by atoms with Gasteiger partial charge in [0.2, 0.25) is 0 Å². The average molecular weight is 244 g/mol. The van der Waals surface area contributed by atoms with Gasteiger partial charge in [-0.1, -0.05) is 13.8 Å². The van der Waals surface area contributed by atoms with Crippen molar-refractivity contribution in [1.29, 1.82) is 0 Å². The Hall–Kier alpha value is -0.120. The number of nitrogens with one attached hydrogen (secondary N) is 1. The van der Waals surface area contributed by atoms with Crippen LogP contribution in [0, 0.1) is 0 Å². The molecule has 0 rings (SSSR count). The van der Waals surface area contributed by atoms with Crippen LogP contribution in [0.25, 0.3) is 0 Å². The molecule has 0 bridgehead atoms. The fraction of sp³-hybridized carbons (Fsp3) is 1.00. The van der Waals surface area contributed by atoms with E-state index < -0.39 is 0 Å². The Bertz CT molecular complexity index is 176. The smallest absolute Gasteiger partial charge is 0.0615 e. The lowest BCUT2D eigenvalue weighted by Gasteiger charge is -2.34. The molecule has 0 aliphatic carbocycles. The molecular weight excluding hydrogens is 212 g/mol. The fourth-order valence-corrected chi connectivity index (χ4v) is 2.52. The van der Waals surface area contributed by atoms with E-state index in [1.165, 1.54) is 12.8 Å². The lowest BCUT2D eigenvalue weighted by Crippen LogP contribution is -2.45. The third kappa shape index (κ3) is 7.02. The van der Waals surface area contributed by atoms with Crippen LogP contribution in [-0.2, 0) is 4.74 Å². The SMILES string of the molecule is CCCNC(C)CC(C)N(CC)C(C)COC. The van der Waals surface area contributed by atoms with Crippen molar-refractivity contribution in [2.45, 2.75) is 65.6 Å². The number of methoxy groups -OCH3 is 1. The Labute approximate surface area is 108 Å². The van der Waals surface area contributed by atoms with E-state index in [9.17, 15) is 0 Å². The van der Waals surface area contributed by atoms with Crippen molar-refractivity contribution in [3.05, 3.63) is 0 Å². The van der Waals surface area contributed by atoms with E-state index in [4.69, 9.17) is 4.74 Å². The Balaban J connectivity index is 4.10. The maximum atomic E-state index is 5.25. The summed E-state index contributed by atoms with van der Waals surface area (Å²) in [5.74, 6) is 0. The average Bonchev–Trinajstić information content (AvgIpc) is 2.27. The Morgan fingerprint density at radius 2 is 1.76 bits per heavy atom. The second-order valence-corrected chi connectivity index (χ2v) is 5.07. The first-order valence-electron chi connectivity index (χ1n) is 7.04. The molecule has 0 aliphatic rings. The second kappa shape index (κ2) is 9.86. The molecule has 0 spiro atoms. The Kier molecular flexibility index (Phi) is 9.79. The van der Waals surface area contributed by atoms with E-state index in [2.05, 4.69) is 44.8 Å². The normalized spacial score (nSPS) is 17.1. The summed E-state index contributed by atoms with van der Waals surface area (Å²) in [4.78, 5) is 2.52. The summed E-state index contributed by atoms with van der Waals surface area (Å²) in [6.45, 7) is 14.3. The van der Waals surface area contributed by atoms with Crippen molar-refractivity contribution in [1.82, 2.24) is 10.2 Å². The van der Waals surface area contributed by atoms with Crippen molar-refractivity contribution in [3.63, 3.8) is 0 Å². The summed E-state index contributed by atoms with van der Waals surface area (Å²) in [6.07, 6.45) is 2.40. The first kappa shape index (κ1) is 16.9. The highest BCUT2D eigenvalue weighted by Gasteiger charge is 2.19. The summed E-state index contributed by atoms with van der Waals surface area (Å²) in [6, 6.07) is 1.69. The molecule has 0 heterocycles. The number of ether oxygens (including phenoxy) is 1. The molecule has 0 aromatic carbocycles. The van der Waals surface area contributed by atoms with E-state index in [1.807, 2.05) is 0 Å². The molecule has 0 aromatic rings. The number of likely N-dealkylation sites (N-methyl/N-ethyl adjacent to an activating group) is 1. The molecule has 1 N–H and O–H groups in total. The first-order valence-corrected chi connectivity index (χ1v) is 7.04. The fourth-order valence-electron chi connectivity index (χ4n) is 2.52. The van der Waals surface area contributed by atoms with Gasteiger partial charge in [-0.3, -0.25) is 4.90 Å². The van der Waals surface area contributed by atoms with Crippen LogP contribution in [0.4, 0.5) is 0 Å². The molecule has 0 fully saturated rings. The predicted molar refractivity (Wildman–Crippen MR) is 75.6 cm³/mol. The number of hydrogen-bond acceptors (Lipinski definition) is 3. The molecular formula is C14H32N2O. The Morgan fingerprint density at radius 3 is 2.24 bits per heavy atom. The summed E-state index contributed by atoms with van der Waals surface area (Å²) < 4.78 is 5.25. The predicted octanol–water partition coefficient (Wildman–Crippen LogP) is 2.51. The topological polar surface area (TPSA) is 24.5 Å². The molecule has 3 nitrogen and oxygen atoms in total. The molecule has 3 atom stereocenters. The van der Waals surface area contributed by atoms with E-state index in [1.54, 1.807) is 7.11 Å². The number of nitrogens with zero attached hydrogens (tertiary/aromatic N) is 1. The molecule has 3 unspecified atom stereocenters. The third-order valence-electron chi connectivity index (χ3n) is 3.34. The van der Waals surface area contributed by atoms with Gasteiger partial charge in [0.15, 0.2) is 0 Å². The zero-order chi connectivity index (χ0) is 13.3. The molecule has 0 radical (unpaired) electrons. The van der Waals surface area contributed by atoms with Gasteiger partial charge in [-0.05, 0) is 46.7 Å². The molecule has 0 saturated carbocycles. The zero-order valence-electron chi connectivity index (χ0n) is 12.6. The maximum Gasteiger partial charge on any atom is 0.0615 e. The van der Waals surface area contributed by atoms with Gasteiger partial charge >= 0.3 is 0 Å². The highest BCUT2D eigenvalue weighted by molar-refractivity contribution is 4.76. The highest BCUT2D eigenvalue weighted by atomic mass is 16.5. The number of hydrogen-bond donors (Lipinski definition) is 1. The summed E-state index contributed by atoms with van der Waals surface area (Å²) in [5, 5.41) is 3.56. The van der Waals surface area contributed by atoms with Crippen molar-refractivity contribution >= 4 is 0 Å². The molecule has 104 valence electrons.